The highest BCUT2D eigenvalue weighted by molar-refractivity contribution is 5.76. The smallest absolute Gasteiger partial charge is 0.227 e. The van der Waals surface area contributed by atoms with Crippen molar-refractivity contribution in [1.29, 1.82) is 0 Å². The van der Waals surface area contributed by atoms with Crippen molar-refractivity contribution in [2.45, 2.75) is 31.3 Å². The first-order chi connectivity index (χ1) is 13.7. The van der Waals surface area contributed by atoms with Gasteiger partial charge in [-0.2, -0.15) is 4.98 Å². The summed E-state index contributed by atoms with van der Waals surface area (Å²) in [5, 5.41) is 7.15. The predicted octanol–water partition coefficient (Wildman–Crippen LogP) is 2.63. The van der Waals surface area contributed by atoms with E-state index in [1.165, 1.54) is 5.56 Å². The maximum atomic E-state index is 12.5. The first-order valence-electron chi connectivity index (χ1n) is 9.48. The maximum Gasteiger partial charge on any atom is 0.227 e. The molecule has 7 nitrogen and oxygen atoms in total. The number of amides is 1. The van der Waals surface area contributed by atoms with E-state index in [2.05, 4.69) is 44.5 Å². The van der Waals surface area contributed by atoms with Crippen molar-refractivity contribution >= 4 is 5.91 Å². The third kappa shape index (κ3) is 4.09. The second-order valence-corrected chi connectivity index (χ2v) is 7.05. The molecule has 0 saturated carbocycles. The predicted molar refractivity (Wildman–Crippen MR) is 104 cm³/mol. The van der Waals surface area contributed by atoms with Gasteiger partial charge in [0.25, 0.3) is 0 Å². The number of aryl methyl sites for hydroxylation is 1. The van der Waals surface area contributed by atoms with Gasteiger partial charge in [-0.25, -0.2) is 0 Å². The second-order valence-electron chi connectivity index (χ2n) is 7.05. The molecule has 0 spiro atoms. The summed E-state index contributed by atoms with van der Waals surface area (Å²) in [5.74, 6) is 0.949. The number of hydrogen-bond acceptors (Lipinski definition) is 6. The number of rotatable bonds is 6. The molecule has 7 heteroatoms. The van der Waals surface area contributed by atoms with Gasteiger partial charge in [0.05, 0.1) is 6.04 Å². The molecule has 2 aromatic heterocycles. The third-order valence-electron chi connectivity index (χ3n) is 5.09. The molecule has 1 aliphatic rings. The summed E-state index contributed by atoms with van der Waals surface area (Å²) < 4.78 is 5.27. The number of carbonyl (C=O) groups is 1. The number of likely N-dealkylation sites (N-methyl/N-ethyl adjacent to an activating group) is 1. The Hall–Kier alpha value is -3.06. The van der Waals surface area contributed by atoms with Crippen LogP contribution in [0.4, 0.5) is 0 Å². The molecular formula is C21H23N5O2. The zero-order valence-electron chi connectivity index (χ0n) is 15.8. The molecule has 144 valence electrons. The normalized spacial score (nSPS) is 19.6. The number of carbonyl (C=O) groups excluding carboxylic acids is 1. The van der Waals surface area contributed by atoms with Crippen LogP contribution in [0, 0.1) is 0 Å². The Bertz CT molecular complexity index is 913. The summed E-state index contributed by atoms with van der Waals surface area (Å²) in [5.41, 5.74) is 2.02. The van der Waals surface area contributed by atoms with Crippen LogP contribution in [0.15, 0.2) is 59.4 Å². The lowest BCUT2D eigenvalue weighted by atomic mass is 10.00. The Kier molecular flexibility index (Phi) is 5.43. The molecule has 1 aromatic carbocycles. The zero-order chi connectivity index (χ0) is 19.3. The third-order valence-corrected chi connectivity index (χ3v) is 5.09. The summed E-state index contributed by atoms with van der Waals surface area (Å²) in [6, 6.07) is 14.3. The monoisotopic (exact) mass is 377 g/mol. The number of benzene rings is 1. The van der Waals surface area contributed by atoms with Gasteiger partial charge in [0.1, 0.15) is 0 Å². The number of likely N-dealkylation sites (tertiary alicyclic amines) is 1. The molecule has 1 aliphatic heterocycles. The summed E-state index contributed by atoms with van der Waals surface area (Å²) >= 11 is 0. The summed E-state index contributed by atoms with van der Waals surface area (Å²) in [7, 11) is 2.10. The van der Waals surface area contributed by atoms with Crippen LogP contribution in [0.5, 0.6) is 0 Å². The van der Waals surface area contributed by atoms with Crippen LogP contribution in [0.2, 0.25) is 0 Å². The first-order valence-corrected chi connectivity index (χ1v) is 9.48. The average Bonchev–Trinajstić information content (AvgIpc) is 3.35. The summed E-state index contributed by atoms with van der Waals surface area (Å²) in [4.78, 5) is 23.2. The van der Waals surface area contributed by atoms with E-state index in [9.17, 15) is 4.79 Å². The summed E-state index contributed by atoms with van der Waals surface area (Å²) in [6.07, 6.45) is 5.04. The van der Waals surface area contributed by atoms with Gasteiger partial charge in [-0.05, 0) is 31.2 Å². The van der Waals surface area contributed by atoms with Crippen LogP contribution in [0.1, 0.15) is 30.3 Å². The molecule has 1 N–H and O–H groups in total. The van der Waals surface area contributed by atoms with Crippen molar-refractivity contribution in [1.82, 2.24) is 25.3 Å². The highest BCUT2D eigenvalue weighted by Gasteiger charge is 2.33. The van der Waals surface area contributed by atoms with Gasteiger partial charge in [0, 0.05) is 43.4 Å². The molecule has 0 radical (unpaired) electrons. The van der Waals surface area contributed by atoms with Gasteiger partial charge < -0.3 is 9.84 Å². The quantitative estimate of drug-likeness (QED) is 0.711. The lowest BCUT2D eigenvalue weighted by Gasteiger charge is -2.26. The molecule has 28 heavy (non-hydrogen) atoms. The Balaban J connectivity index is 1.34. The molecular weight excluding hydrogens is 354 g/mol. The van der Waals surface area contributed by atoms with Gasteiger partial charge in [0.2, 0.25) is 17.6 Å². The van der Waals surface area contributed by atoms with Crippen LogP contribution in [-0.4, -0.2) is 45.6 Å². The Morgan fingerprint density at radius 2 is 2.11 bits per heavy atom. The fourth-order valence-corrected chi connectivity index (χ4v) is 3.70. The summed E-state index contributed by atoms with van der Waals surface area (Å²) in [6.45, 7) is 0.961. The minimum absolute atomic E-state index is 0.00218. The van der Waals surface area contributed by atoms with E-state index in [-0.39, 0.29) is 18.0 Å². The SMILES string of the molecule is CN1CC[C@@H](NC(=O)CCc2nc(-c3cccnc3)no2)[C@@H]1c1ccccc1. The fraction of sp³-hybridized carbons (Fsp3) is 0.333. The highest BCUT2D eigenvalue weighted by Crippen LogP contribution is 2.30. The van der Waals surface area contributed by atoms with E-state index >= 15 is 0 Å². The Morgan fingerprint density at radius 3 is 2.89 bits per heavy atom. The van der Waals surface area contributed by atoms with Crippen LogP contribution in [-0.2, 0) is 11.2 Å². The van der Waals surface area contributed by atoms with Gasteiger partial charge in [-0.1, -0.05) is 35.5 Å². The zero-order valence-corrected chi connectivity index (χ0v) is 15.8. The van der Waals surface area contributed by atoms with E-state index in [4.69, 9.17) is 4.52 Å². The highest BCUT2D eigenvalue weighted by atomic mass is 16.5. The number of aromatic nitrogens is 3. The number of hydrogen-bond donors (Lipinski definition) is 1. The van der Waals surface area contributed by atoms with Gasteiger partial charge in [-0.3, -0.25) is 14.7 Å². The lowest BCUT2D eigenvalue weighted by molar-refractivity contribution is -0.122. The minimum Gasteiger partial charge on any atom is -0.351 e. The minimum atomic E-state index is 0.00218. The number of nitrogens with one attached hydrogen (secondary N) is 1. The molecule has 4 rings (SSSR count). The second kappa shape index (κ2) is 8.31. The Morgan fingerprint density at radius 1 is 1.25 bits per heavy atom. The largest absolute Gasteiger partial charge is 0.351 e. The van der Waals surface area contributed by atoms with Crippen LogP contribution in [0.3, 0.4) is 0 Å². The molecule has 3 aromatic rings. The molecule has 0 aliphatic carbocycles. The van der Waals surface area contributed by atoms with Crippen molar-refractivity contribution in [3.05, 3.63) is 66.3 Å². The molecule has 3 heterocycles. The standard InChI is InChI=1S/C21H23N5O2/c1-26-13-11-17(20(26)15-6-3-2-4-7-15)23-18(27)9-10-19-24-21(25-28-19)16-8-5-12-22-14-16/h2-8,12,14,17,20H,9-11,13H2,1H3,(H,23,27)/t17-,20+/m1/s1. The molecule has 1 fully saturated rings. The van der Waals surface area contributed by atoms with Crippen molar-refractivity contribution < 1.29 is 9.32 Å². The van der Waals surface area contributed by atoms with Crippen molar-refractivity contribution in [3.63, 3.8) is 0 Å². The van der Waals surface area contributed by atoms with Gasteiger partial charge in [-0.15, -0.1) is 0 Å². The first kappa shape index (κ1) is 18.3. The molecule has 1 saturated heterocycles. The van der Waals surface area contributed by atoms with Crippen LogP contribution in [0.25, 0.3) is 11.4 Å². The van der Waals surface area contributed by atoms with Crippen molar-refractivity contribution in [2.75, 3.05) is 13.6 Å². The van der Waals surface area contributed by atoms with Gasteiger partial charge in [0.15, 0.2) is 0 Å². The van der Waals surface area contributed by atoms with E-state index in [0.717, 1.165) is 18.5 Å². The molecule has 0 unspecified atom stereocenters. The van der Waals surface area contributed by atoms with E-state index in [1.807, 2.05) is 30.3 Å². The van der Waals surface area contributed by atoms with E-state index in [1.54, 1.807) is 12.4 Å². The lowest BCUT2D eigenvalue weighted by Crippen LogP contribution is -2.39. The van der Waals surface area contributed by atoms with E-state index in [0.29, 0.717) is 24.6 Å². The van der Waals surface area contributed by atoms with Crippen molar-refractivity contribution in [2.24, 2.45) is 0 Å². The average molecular weight is 377 g/mol. The fourth-order valence-electron chi connectivity index (χ4n) is 3.70. The molecule has 0 bridgehead atoms. The maximum absolute atomic E-state index is 12.5. The Labute approximate surface area is 163 Å². The molecule has 2 atom stereocenters. The topological polar surface area (TPSA) is 84.2 Å². The van der Waals surface area contributed by atoms with Crippen molar-refractivity contribution in [3.8, 4) is 11.4 Å². The molecule has 1 amide bonds. The number of nitrogens with zero attached hydrogens (tertiary/aromatic N) is 4. The van der Waals surface area contributed by atoms with Gasteiger partial charge >= 0.3 is 0 Å². The van der Waals surface area contributed by atoms with E-state index < -0.39 is 0 Å². The van der Waals surface area contributed by atoms with Crippen LogP contribution < -0.4 is 5.32 Å². The number of pyridine rings is 1. The van der Waals surface area contributed by atoms with Crippen LogP contribution >= 0.6 is 0 Å².